The van der Waals surface area contributed by atoms with Gasteiger partial charge in [-0.3, -0.25) is 0 Å². The Morgan fingerprint density at radius 2 is 1.52 bits per heavy atom. The van der Waals surface area contributed by atoms with Crippen LogP contribution < -0.4 is 0 Å². The second-order valence-electron chi connectivity index (χ2n) is 5.22. The van der Waals surface area contributed by atoms with Gasteiger partial charge < -0.3 is 10.2 Å². The van der Waals surface area contributed by atoms with E-state index in [4.69, 9.17) is 0 Å². The fraction of sp³-hybridized carbons (Fsp3) is 0. The van der Waals surface area contributed by atoms with E-state index in [9.17, 15) is 10.2 Å². The minimum absolute atomic E-state index is 0.0527. The molecule has 0 bridgehead atoms. The van der Waals surface area contributed by atoms with E-state index < -0.39 is 0 Å². The summed E-state index contributed by atoms with van der Waals surface area (Å²) >= 11 is 0. The number of fused-ring (bicyclic) bond motifs is 1. The van der Waals surface area contributed by atoms with Crippen molar-refractivity contribution in [2.75, 3.05) is 0 Å². The molecule has 4 rings (SSSR count). The Bertz CT molecular complexity index is 977. The Morgan fingerprint density at radius 1 is 0.783 bits per heavy atom. The highest BCUT2D eigenvalue weighted by Crippen LogP contribution is 2.35. The molecule has 0 radical (unpaired) electrons. The molecule has 2 aromatic carbocycles. The number of phenolic OH excluding ortho intramolecular Hbond substituents is 1. The highest BCUT2D eigenvalue weighted by Gasteiger charge is 2.17. The molecule has 0 saturated heterocycles. The fourth-order valence-corrected chi connectivity index (χ4v) is 2.62. The summed E-state index contributed by atoms with van der Waals surface area (Å²) in [5.41, 5.74) is 4.13. The third-order valence-corrected chi connectivity index (χ3v) is 3.66. The largest absolute Gasteiger partial charge is 0.508 e. The molecule has 0 aliphatic carbocycles. The lowest BCUT2D eigenvalue weighted by Crippen LogP contribution is -1.88. The van der Waals surface area contributed by atoms with Crippen LogP contribution in [0.5, 0.6) is 11.5 Å². The minimum Gasteiger partial charge on any atom is -0.508 e. The van der Waals surface area contributed by atoms with Crippen LogP contribution in [0, 0.1) is 0 Å². The van der Waals surface area contributed by atoms with E-state index in [1.807, 2.05) is 42.5 Å². The molecule has 0 atom stereocenters. The summed E-state index contributed by atoms with van der Waals surface area (Å²) in [6.07, 6.45) is 2.92. The average Bonchev–Trinajstić information content (AvgIpc) is 2.95. The van der Waals surface area contributed by atoms with Gasteiger partial charge in [-0.05, 0) is 17.7 Å². The molecule has 0 spiro atoms. The normalized spacial score (nSPS) is 11.0. The van der Waals surface area contributed by atoms with E-state index >= 15 is 0 Å². The average molecular weight is 303 g/mol. The van der Waals surface area contributed by atoms with Crippen molar-refractivity contribution < 1.29 is 10.2 Å². The van der Waals surface area contributed by atoms with Crippen molar-refractivity contribution >= 4 is 5.65 Å². The first-order valence-corrected chi connectivity index (χ1v) is 7.14. The molecule has 0 aliphatic rings. The maximum Gasteiger partial charge on any atom is 0.163 e. The predicted molar refractivity (Wildman–Crippen MR) is 87.2 cm³/mol. The maximum atomic E-state index is 9.65. The molecular formula is C18H13N3O2. The van der Waals surface area contributed by atoms with E-state index in [0.717, 1.165) is 22.4 Å². The van der Waals surface area contributed by atoms with Crippen molar-refractivity contribution in [3.63, 3.8) is 0 Å². The van der Waals surface area contributed by atoms with Crippen molar-refractivity contribution in [3.05, 3.63) is 67.0 Å². The number of hydrogen-bond donors (Lipinski definition) is 2. The quantitative estimate of drug-likeness (QED) is 0.595. The highest BCUT2D eigenvalue weighted by molar-refractivity contribution is 5.90. The zero-order chi connectivity index (χ0) is 15.8. The summed E-state index contributed by atoms with van der Waals surface area (Å²) in [6, 6.07) is 16.7. The molecule has 2 heterocycles. The van der Waals surface area contributed by atoms with E-state index in [0.29, 0.717) is 5.65 Å². The predicted octanol–water partition coefficient (Wildman–Crippen LogP) is 3.47. The van der Waals surface area contributed by atoms with Gasteiger partial charge >= 0.3 is 0 Å². The maximum absolute atomic E-state index is 9.65. The van der Waals surface area contributed by atoms with Gasteiger partial charge in [0.05, 0.1) is 18.0 Å². The molecule has 0 amide bonds. The molecule has 2 N–H and O–H groups in total. The zero-order valence-electron chi connectivity index (χ0n) is 12.1. The minimum atomic E-state index is 0.0527. The van der Waals surface area contributed by atoms with Crippen molar-refractivity contribution in [3.8, 4) is 33.9 Å². The first kappa shape index (κ1) is 13.3. The lowest BCUT2D eigenvalue weighted by Gasteiger charge is -2.03. The lowest BCUT2D eigenvalue weighted by molar-refractivity contribution is 0.467. The number of benzene rings is 2. The van der Waals surface area contributed by atoms with Gasteiger partial charge in [0.2, 0.25) is 0 Å². The van der Waals surface area contributed by atoms with Crippen molar-refractivity contribution in [2.45, 2.75) is 0 Å². The Labute approximate surface area is 132 Å². The second kappa shape index (κ2) is 5.14. The number of rotatable bonds is 2. The van der Waals surface area contributed by atoms with Gasteiger partial charge in [0, 0.05) is 5.56 Å². The highest BCUT2D eigenvalue weighted by atomic mass is 16.3. The van der Waals surface area contributed by atoms with Crippen LogP contribution in [0.3, 0.4) is 0 Å². The Morgan fingerprint density at radius 3 is 2.26 bits per heavy atom. The molecule has 2 aromatic heterocycles. The number of nitrogens with zero attached hydrogens (tertiary/aromatic N) is 3. The van der Waals surface area contributed by atoms with Gasteiger partial charge in [-0.2, -0.15) is 5.10 Å². The fourth-order valence-electron chi connectivity index (χ4n) is 2.62. The molecule has 23 heavy (non-hydrogen) atoms. The van der Waals surface area contributed by atoms with Crippen molar-refractivity contribution in [1.82, 2.24) is 14.6 Å². The Hall–Kier alpha value is -3.34. The van der Waals surface area contributed by atoms with E-state index in [2.05, 4.69) is 10.1 Å². The first-order valence-electron chi connectivity index (χ1n) is 7.14. The van der Waals surface area contributed by atoms with E-state index in [1.165, 1.54) is 12.4 Å². The molecule has 5 heteroatoms. The Balaban J connectivity index is 2.05. The number of phenols is 1. The van der Waals surface area contributed by atoms with Gasteiger partial charge in [0.1, 0.15) is 11.4 Å². The van der Waals surface area contributed by atoms with Crippen LogP contribution in [0.4, 0.5) is 0 Å². The zero-order valence-corrected chi connectivity index (χ0v) is 12.1. The van der Waals surface area contributed by atoms with Crippen LogP contribution in [-0.4, -0.2) is 24.8 Å². The van der Waals surface area contributed by atoms with Crippen LogP contribution in [0.2, 0.25) is 0 Å². The molecule has 4 aromatic rings. The summed E-state index contributed by atoms with van der Waals surface area (Å²) in [7, 11) is 0. The van der Waals surface area contributed by atoms with Crippen LogP contribution in [0.15, 0.2) is 67.0 Å². The van der Waals surface area contributed by atoms with Crippen molar-refractivity contribution in [2.24, 2.45) is 0 Å². The van der Waals surface area contributed by atoms with Gasteiger partial charge in [-0.1, -0.05) is 42.5 Å². The van der Waals surface area contributed by atoms with Gasteiger partial charge in [0.25, 0.3) is 0 Å². The number of aromatic nitrogens is 3. The SMILES string of the molecule is Oc1ccc(-c2c(-c3ccccc3)nn3cc(O)cnc23)cc1. The van der Waals surface area contributed by atoms with Gasteiger partial charge in [-0.15, -0.1) is 0 Å². The van der Waals surface area contributed by atoms with Gasteiger partial charge in [0.15, 0.2) is 11.4 Å². The smallest absolute Gasteiger partial charge is 0.163 e. The number of hydrogen-bond acceptors (Lipinski definition) is 4. The summed E-state index contributed by atoms with van der Waals surface area (Å²) in [4.78, 5) is 4.31. The van der Waals surface area contributed by atoms with E-state index in [1.54, 1.807) is 16.6 Å². The molecule has 0 fully saturated rings. The van der Waals surface area contributed by atoms with Crippen LogP contribution in [0.1, 0.15) is 0 Å². The van der Waals surface area contributed by atoms with Crippen LogP contribution >= 0.6 is 0 Å². The summed E-state index contributed by atoms with van der Waals surface area (Å²) < 4.78 is 1.57. The molecular weight excluding hydrogens is 290 g/mol. The van der Waals surface area contributed by atoms with Gasteiger partial charge in [-0.25, -0.2) is 9.50 Å². The molecule has 0 aliphatic heterocycles. The van der Waals surface area contributed by atoms with Crippen LogP contribution in [-0.2, 0) is 0 Å². The topological polar surface area (TPSA) is 70.7 Å². The summed E-state index contributed by atoms with van der Waals surface area (Å²) in [5.74, 6) is 0.258. The lowest BCUT2D eigenvalue weighted by atomic mass is 10.0. The molecule has 112 valence electrons. The first-order chi connectivity index (χ1) is 11.2. The molecule has 0 saturated carbocycles. The Kier molecular flexibility index (Phi) is 2.98. The second-order valence-corrected chi connectivity index (χ2v) is 5.22. The third-order valence-electron chi connectivity index (χ3n) is 3.66. The van der Waals surface area contributed by atoms with E-state index in [-0.39, 0.29) is 11.5 Å². The third kappa shape index (κ3) is 2.28. The summed E-state index contributed by atoms with van der Waals surface area (Å²) in [5, 5.41) is 23.7. The standard InChI is InChI=1S/C18H13N3O2/c22-14-8-6-12(7-9-14)16-17(13-4-2-1-3-5-13)20-21-11-15(23)10-19-18(16)21/h1-11,22-23H. The van der Waals surface area contributed by atoms with Crippen LogP contribution in [0.25, 0.3) is 28.0 Å². The summed E-state index contributed by atoms with van der Waals surface area (Å²) in [6.45, 7) is 0. The number of aromatic hydroxyl groups is 2. The molecule has 0 unspecified atom stereocenters. The monoisotopic (exact) mass is 303 g/mol. The van der Waals surface area contributed by atoms with Crippen molar-refractivity contribution in [1.29, 1.82) is 0 Å². The molecule has 5 nitrogen and oxygen atoms in total.